The van der Waals surface area contributed by atoms with Gasteiger partial charge in [0.05, 0.1) is 18.1 Å². The first-order valence-electron chi connectivity index (χ1n) is 11.7. The molecule has 0 aliphatic carbocycles. The Labute approximate surface area is 196 Å². The molecule has 8 heteroatoms. The molecule has 7 nitrogen and oxygen atoms in total. The van der Waals surface area contributed by atoms with Gasteiger partial charge in [0.2, 0.25) is 10.0 Å². The van der Waals surface area contributed by atoms with Gasteiger partial charge in [-0.3, -0.25) is 9.69 Å². The van der Waals surface area contributed by atoms with E-state index in [1.54, 1.807) is 12.1 Å². The van der Waals surface area contributed by atoms with Crippen molar-refractivity contribution in [1.29, 1.82) is 0 Å². The molecule has 178 valence electrons. The Kier molecular flexibility index (Phi) is 7.80. The minimum atomic E-state index is -3.66. The Hall–Kier alpha value is -2.26. The van der Waals surface area contributed by atoms with Gasteiger partial charge in [-0.15, -0.1) is 0 Å². The number of nitrogens with zero attached hydrogens (tertiary/aromatic N) is 2. The highest BCUT2D eigenvalue weighted by Crippen LogP contribution is 2.21. The summed E-state index contributed by atoms with van der Waals surface area (Å²) in [6.07, 6.45) is 3.78. The van der Waals surface area contributed by atoms with Crippen molar-refractivity contribution >= 4 is 15.9 Å². The van der Waals surface area contributed by atoms with Crippen LogP contribution < -0.4 is 5.32 Å². The van der Waals surface area contributed by atoms with Crippen molar-refractivity contribution in [3.63, 3.8) is 0 Å². The van der Waals surface area contributed by atoms with E-state index < -0.39 is 10.0 Å². The fourth-order valence-corrected chi connectivity index (χ4v) is 5.89. The molecule has 2 saturated heterocycles. The minimum Gasteiger partial charge on any atom is -0.379 e. The number of piperidine rings is 1. The number of amides is 1. The van der Waals surface area contributed by atoms with Crippen molar-refractivity contribution in [2.45, 2.75) is 44.2 Å². The lowest BCUT2D eigenvalue weighted by Crippen LogP contribution is -2.40. The maximum atomic E-state index is 13.0. The molecule has 0 unspecified atom stereocenters. The SMILES string of the molecule is Cc1ccc(S(=O)(=O)N2CCOCC2)cc1C(=O)NCc1ccccc1CN1CCCCC1. The molecular weight excluding hydrogens is 438 g/mol. The van der Waals surface area contributed by atoms with Crippen LogP contribution in [0.5, 0.6) is 0 Å². The topological polar surface area (TPSA) is 78.9 Å². The summed E-state index contributed by atoms with van der Waals surface area (Å²) in [7, 11) is -3.66. The molecule has 0 spiro atoms. The van der Waals surface area contributed by atoms with E-state index in [0.29, 0.717) is 38.4 Å². The van der Waals surface area contributed by atoms with Gasteiger partial charge in [0, 0.05) is 31.7 Å². The van der Waals surface area contributed by atoms with Gasteiger partial charge in [0.25, 0.3) is 5.91 Å². The van der Waals surface area contributed by atoms with Gasteiger partial charge in [-0.05, 0) is 61.7 Å². The zero-order chi connectivity index (χ0) is 23.3. The van der Waals surface area contributed by atoms with Crippen LogP contribution in [0, 0.1) is 6.92 Å². The molecule has 2 aliphatic heterocycles. The lowest BCUT2D eigenvalue weighted by Gasteiger charge is -2.27. The summed E-state index contributed by atoms with van der Waals surface area (Å²) in [5, 5.41) is 3.01. The highest BCUT2D eigenvalue weighted by molar-refractivity contribution is 7.89. The van der Waals surface area contributed by atoms with Gasteiger partial charge in [0.1, 0.15) is 0 Å². The van der Waals surface area contributed by atoms with Crippen LogP contribution in [-0.4, -0.2) is 62.9 Å². The van der Waals surface area contributed by atoms with Crippen LogP contribution in [0.15, 0.2) is 47.4 Å². The summed E-state index contributed by atoms with van der Waals surface area (Å²) in [4.78, 5) is 15.7. The first-order chi connectivity index (χ1) is 15.9. The maximum absolute atomic E-state index is 13.0. The molecule has 0 atom stereocenters. The molecule has 0 aromatic heterocycles. The van der Waals surface area contributed by atoms with Crippen molar-refractivity contribution in [2.24, 2.45) is 0 Å². The normalized spacial score (nSPS) is 18.2. The average Bonchev–Trinajstić information content (AvgIpc) is 2.84. The van der Waals surface area contributed by atoms with Crippen molar-refractivity contribution in [2.75, 3.05) is 39.4 Å². The largest absolute Gasteiger partial charge is 0.379 e. The van der Waals surface area contributed by atoms with E-state index >= 15 is 0 Å². The molecule has 0 bridgehead atoms. The third-order valence-corrected chi connectivity index (χ3v) is 8.36. The number of rotatable bonds is 7. The highest BCUT2D eigenvalue weighted by Gasteiger charge is 2.27. The summed E-state index contributed by atoms with van der Waals surface area (Å²) in [6.45, 7) is 6.77. The van der Waals surface area contributed by atoms with E-state index in [9.17, 15) is 13.2 Å². The Morgan fingerprint density at radius 1 is 0.970 bits per heavy atom. The predicted octanol–water partition coefficient (Wildman–Crippen LogP) is 2.93. The van der Waals surface area contributed by atoms with E-state index in [4.69, 9.17) is 4.74 Å². The fraction of sp³-hybridized carbons (Fsp3) is 0.480. The molecule has 33 heavy (non-hydrogen) atoms. The van der Waals surface area contributed by atoms with Crippen molar-refractivity contribution in [3.8, 4) is 0 Å². The molecule has 2 aliphatic rings. The third-order valence-electron chi connectivity index (χ3n) is 6.46. The highest BCUT2D eigenvalue weighted by atomic mass is 32.2. The number of benzene rings is 2. The number of morpholine rings is 1. The number of nitrogens with one attached hydrogen (secondary N) is 1. The number of sulfonamides is 1. The number of carbonyl (C=O) groups excluding carboxylic acids is 1. The number of likely N-dealkylation sites (tertiary alicyclic amines) is 1. The number of hydrogen-bond acceptors (Lipinski definition) is 5. The molecule has 2 aromatic carbocycles. The Balaban J connectivity index is 1.46. The van der Waals surface area contributed by atoms with Gasteiger partial charge in [-0.1, -0.05) is 36.8 Å². The Bertz CT molecular complexity index is 1070. The lowest BCUT2D eigenvalue weighted by atomic mass is 10.0. The molecule has 2 aromatic rings. The van der Waals surface area contributed by atoms with Crippen LogP contribution in [0.25, 0.3) is 0 Å². The van der Waals surface area contributed by atoms with Crippen molar-refractivity contribution in [1.82, 2.24) is 14.5 Å². The fourth-order valence-electron chi connectivity index (χ4n) is 4.46. The molecule has 1 N–H and O–H groups in total. The van der Waals surface area contributed by atoms with E-state index in [1.807, 2.05) is 25.1 Å². The van der Waals surface area contributed by atoms with E-state index in [1.165, 1.54) is 35.2 Å². The molecule has 1 amide bonds. The average molecular weight is 472 g/mol. The predicted molar refractivity (Wildman–Crippen MR) is 127 cm³/mol. The first kappa shape index (κ1) is 23.9. The molecule has 0 radical (unpaired) electrons. The van der Waals surface area contributed by atoms with Gasteiger partial charge < -0.3 is 10.1 Å². The van der Waals surface area contributed by atoms with E-state index in [-0.39, 0.29) is 10.8 Å². The maximum Gasteiger partial charge on any atom is 0.251 e. The summed E-state index contributed by atoms with van der Waals surface area (Å²) in [5.74, 6) is -0.265. The molecule has 4 rings (SSSR count). The lowest BCUT2D eigenvalue weighted by molar-refractivity contribution is 0.0730. The smallest absolute Gasteiger partial charge is 0.251 e. The monoisotopic (exact) mass is 471 g/mol. The third kappa shape index (κ3) is 5.81. The van der Waals surface area contributed by atoms with E-state index in [2.05, 4.69) is 16.3 Å². The number of carbonyl (C=O) groups is 1. The zero-order valence-corrected chi connectivity index (χ0v) is 20.1. The zero-order valence-electron chi connectivity index (χ0n) is 19.3. The van der Waals surface area contributed by atoms with Crippen molar-refractivity contribution in [3.05, 3.63) is 64.7 Å². The van der Waals surface area contributed by atoms with Crippen LogP contribution in [0.1, 0.15) is 46.3 Å². The number of hydrogen-bond donors (Lipinski definition) is 1. The Morgan fingerprint density at radius 2 is 1.67 bits per heavy atom. The molecule has 2 fully saturated rings. The van der Waals surface area contributed by atoms with Gasteiger partial charge in [0.15, 0.2) is 0 Å². The van der Waals surface area contributed by atoms with Gasteiger partial charge in [-0.25, -0.2) is 8.42 Å². The second kappa shape index (κ2) is 10.8. The van der Waals surface area contributed by atoms with Crippen LogP contribution in [0.4, 0.5) is 0 Å². The molecule has 2 heterocycles. The van der Waals surface area contributed by atoms with Crippen LogP contribution in [0.3, 0.4) is 0 Å². The van der Waals surface area contributed by atoms with Gasteiger partial charge in [-0.2, -0.15) is 4.31 Å². The summed E-state index contributed by atoms with van der Waals surface area (Å²) < 4.78 is 32.7. The quantitative estimate of drug-likeness (QED) is 0.672. The second-order valence-electron chi connectivity index (χ2n) is 8.78. The molecule has 0 saturated carbocycles. The van der Waals surface area contributed by atoms with Crippen molar-refractivity contribution < 1.29 is 17.9 Å². The summed E-state index contributed by atoms with van der Waals surface area (Å²) in [5.41, 5.74) is 3.44. The van der Waals surface area contributed by atoms with Crippen LogP contribution in [-0.2, 0) is 27.8 Å². The summed E-state index contributed by atoms with van der Waals surface area (Å²) in [6, 6.07) is 13.0. The Morgan fingerprint density at radius 3 is 2.39 bits per heavy atom. The van der Waals surface area contributed by atoms with Gasteiger partial charge >= 0.3 is 0 Å². The van der Waals surface area contributed by atoms with Crippen LogP contribution in [0.2, 0.25) is 0 Å². The minimum absolute atomic E-state index is 0.144. The van der Waals surface area contributed by atoms with E-state index in [0.717, 1.165) is 30.8 Å². The standard InChI is InChI=1S/C25H33N3O4S/c1-20-9-10-23(33(30,31)28-13-15-32-16-14-28)17-24(20)25(29)26-18-21-7-3-4-8-22(21)19-27-11-5-2-6-12-27/h3-4,7-10,17H,2,5-6,11-16,18-19H2,1H3,(H,26,29). The second-order valence-corrected chi connectivity index (χ2v) is 10.7. The number of aryl methyl sites for hydroxylation is 1. The first-order valence-corrected chi connectivity index (χ1v) is 13.1. The van der Waals surface area contributed by atoms with Crippen LogP contribution >= 0.6 is 0 Å². The molecular formula is C25H33N3O4S. The number of ether oxygens (including phenoxy) is 1. The summed E-state index contributed by atoms with van der Waals surface area (Å²) >= 11 is 0.